The molecule has 6 aromatic rings. The zero-order valence-electron chi connectivity index (χ0n) is 46.2. The lowest BCUT2D eigenvalue weighted by Gasteiger charge is -2.39. The lowest BCUT2D eigenvalue weighted by atomic mass is 9.78. The van der Waals surface area contributed by atoms with Gasteiger partial charge in [0.2, 0.25) is 41.4 Å². The van der Waals surface area contributed by atoms with Gasteiger partial charge in [0.05, 0.1) is 17.1 Å². The molecule has 1 aliphatic carbocycles. The highest BCUT2D eigenvalue weighted by Gasteiger charge is 2.46. The largest absolute Gasteiger partial charge is 0.396 e. The van der Waals surface area contributed by atoms with E-state index < -0.39 is 84.8 Å². The van der Waals surface area contributed by atoms with Crippen molar-refractivity contribution in [3.63, 3.8) is 0 Å². The molecular weight excluding hydrogens is 1100 g/mol. The summed E-state index contributed by atoms with van der Waals surface area (Å²) in [6.07, 6.45) is 4.91. The Hall–Kier alpha value is -8.53. The fourth-order valence-electron chi connectivity index (χ4n) is 12.6. The van der Waals surface area contributed by atoms with Crippen LogP contribution in [0.25, 0.3) is 21.9 Å². The molecule has 24 heteroatoms. The number of piperidine rings is 1. The van der Waals surface area contributed by atoms with Gasteiger partial charge in [0.25, 0.3) is 11.4 Å². The summed E-state index contributed by atoms with van der Waals surface area (Å²) in [5, 5.41) is 11.3. The minimum Gasteiger partial charge on any atom is -0.370 e. The highest BCUT2D eigenvalue weighted by atomic mass is 31.2. The number of carbonyl (C=O) groups excluding carboxylic acids is 9. The molecule has 84 heavy (non-hydrogen) atoms. The predicted octanol–water partition coefficient (Wildman–Crippen LogP) is 3.90. The fraction of sp³-hybridized carbons (Fsp3) is 0.400. The number of nitrogens with zero attached hydrogens (tertiary/aromatic N) is 4. The Morgan fingerprint density at radius 3 is 2.13 bits per heavy atom. The topological polar surface area (TPSA) is 335 Å². The second-order valence-electron chi connectivity index (χ2n) is 22.6. The van der Waals surface area contributed by atoms with Crippen molar-refractivity contribution in [3.8, 4) is 0 Å². The van der Waals surface area contributed by atoms with Crippen molar-refractivity contribution in [2.75, 3.05) is 13.1 Å². The number of aryl methyl sites for hydroxylation is 1. The maximum Gasteiger partial charge on any atom is 0.396 e. The summed E-state index contributed by atoms with van der Waals surface area (Å²) >= 11 is 0. The molecule has 0 unspecified atom stereocenters. The molecular formula is C60H67N10O13P. The number of benzene rings is 4. The van der Waals surface area contributed by atoms with Crippen LogP contribution in [0.4, 0.5) is 0 Å². The molecule has 5 heterocycles. The first-order valence-corrected chi connectivity index (χ1v) is 30.0. The first-order chi connectivity index (χ1) is 40.2. The fourth-order valence-corrected chi connectivity index (χ4v) is 13.1. The van der Waals surface area contributed by atoms with Crippen molar-refractivity contribution >= 4 is 82.3 Å². The number of rotatable bonds is 18. The van der Waals surface area contributed by atoms with Gasteiger partial charge < -0.3 is 46.3 Å². The van der Waals surface area contributed by atoms with Gasteiger partial charge in [-0.15, -0.1) is 0 Å². The number of fused-ring (bicyclic) bond motifs is 3. The maximum atomic E-state index is 15.2. The van der Waals surface area contributed by atoms with Gasteiger partial charge in [0.15, 0.2) is 0 Å². The molecule has 0 spiro atoms. The maximum absolute atomic E-state index is 15.2. The molecule has 2 aromatic heterocycles. The molecule has 3 aliphatic heterocycles. The average Bonchev–Trinajstić information content (AvgIpc) is 3.38. The Balaban J connectivity index is 0.845. The van der Waals surface area contributed by atoms with Crippen LogP contribution >= 0.6 is 7.60 Å². The van der Waals surface area contributed by atoms with E-state index >= 15 is 4.79 Å². The number of hydrogen-bond donors (Lipinski definition) is 8. The van der Waals surface area contributed by atoms with E-state index in [4.69, 9.17) is 5.73 Å². The molecule has 4 aliphatic rings. The smallest absolute Gasteiger partial charge is 0.370 e. The van der Waals surface area contributed by atoms with Gasteiger partial charge in [-0.1, -0.05) is 66.7 Å². The van der Waals surface area contributed by atoms with Crippen LogP contribution in [0.15, 0.2) is 108 Å². The van der Waals surface area contributed by atoms with Crippen LogP contribution in [0.2, 0.25) is 0 Å². The van der Waals surface area contributed by atoms with Crippen LogP contribution in [0.1, 0.15) is 127 Å². The lowest BCUT2D eigenvalue weighted by molar-refractivity contribution is -0.146. The number of nitrogens with two attached hydrogens (primary N) is 1. The highest BCUT2D eigenvalue weighted by molar-refractivity contribution is 7.70. The number of aromatic amines is 1. The quantitative estimate of drug-likeness (QED) is 0.0448. The summed E-state index contributed by atoms with van der Waals surface area (Å²) in [6.45, 7) is -0.0654. The molecule has 4 aromatic carbocycles. The van der Waals surface area contributed by atoms with Crippen LogP contribution < -0.4 is 32.7 Å². The van der Waals surface area contributed by atoms with Crippen LogP contribution in [-0.4, -0.2) is 124 Å². The highest BCUT2D eigenvalue weighted by Crippen LogP contribution is 2.40. The van der Waals surface area contributed by atoms with Crippen molar-refractivity contribution in [3.05, 3.63) is 142 Å². The average molecular weight is 1170 g/mol. The van der Waals surface area contributed by atoms with Crippen molar-refractivity contribution in [1.29, 1.82) is 0 Å². The predicted molar refractivity (Wildman–Crippen MR) is 306 cm³/mol. The Bertz CT molecular complexity index is 3640. The molecule has 0 bridgehead atoms. The summed E-state index contributed by atoms with van der Waals surface area (Å²) in [4.78, 5) is 161. The number of imide groups is 1. The Labute approximate surface area is 482 Å². The summed E-state index contributed by atoms with van der Waals surface area (Å²) < 4.78 is 14.8. The summed E-state index contributed by atoms with van der Waals surface area (Å²) in [6, 6.07) is 23.7. The first kappa shape index (κ1) is 58.7. The molecule has 10 rings (SSSR count). The summed E-state index contributed by atoms with van der Waals surface area (Å²) in [7, 11) is -3.47. The normalized spacial score (nSPS) is 21.5. The lowest BCUT2D eigenvalue weighted by Crippen LogP contribution is -2.62. The van der Waals surface area contributed by atoms with Crippen LogP contribution in [-0.2, 0) is 51.6 Å². The third-order valence-corrected chi connectivity index (χ3v) is 17.8. The minimum absolute atomic E-state index is 0.0221. The molecule has 9 N–H and O–H groups in total. The van der Waals surface area contributed by atoms with E-state index in [1.54, 1.807) is 11.9 Å². The van der Waals surface area contributed by atoms with Crippen LogP contribution in [0.5, 0.6) is 0 Å². The van der Waals surface area contributed by atoms with Gasteiger partial charge in [0.1, 0.15) is 29.9 Å². The van der Waals surface area contributed by atoms with E-state index in [0.717, 1.165) is 48.8 Å². The second-order valence-corrected chi connectivity index (χ2v) is 24.1. The van der Waals surface area contributed by atoms with Crippen molar-refractivity contribution < 1.29 is 57.5 Å². The number of nitrogens with one attached hydrogen (secondary N) is 5. The van der Waals surface area contributed by atoms with Gasteiger partial charge in [-0.25, -0.2) is 4.79 Å². The minimum atomic E-state index is -5.13. The third kappa shape index (κ3) is 12.8. The number of H-pyrrole nitrogens is 1. The van der Waals surface area contributed by atoms with Crippen LogP contribution in [0, 0.1) is 11.8 Å². The van der Waals surface area contributed by atoms with Gasteiger partial charge in [-0.3, -0.25) is 62.2 Å². The monoisotopic (exact) mass is 1170 g/mol. The Kier molecular flexibility index (Phi) is 17.3. The standard InChI is InChI=1S/C60H67N10O13P/c1-67-49-29-36(16-21-46(49)70(60(67)80)48-23-25-51(72)65-57(48)77)28-34-12-14-35(15-13-34)30-52(73)68-27-26-41-18-22-47(56(76)63-43(20-24-50(61)71)54(74)66-53(37-8-4-2-5-9-37)38-10-6-3-7-11-38)69(41)58(78)45(33-68)64-55(75)44-32-40-31-39(17-19-42(40)62-44)59(79)84(81,82)83/h2-11,16-17,19,21,29,31-32,34-35,41,43,45,47-48,53,62H,12-15,18,20,22-28,30,33H2,1H3,(H2,61,71)(H,63,76)(H,64,75)(H,66,74)(H,65,72,77)(H2,81,82,83)/t34-,35+,41-,43+,45+,47+,48+/m1/s1. The van der Waals surface area contributed by atoms with E-state index in [0.29, 0.717) is 29.4 Å². The van der Waals surface area contributed by atoms with Gasteiger partial charge >= 0.3 is 13.3 Å². The third-order valence-electron chi connectivity index (χ3n) is 17.0. The molecule has 8 amide bonds. The molecule has 4 fully saturated rings. The number of carbonyl (C=O) groups is 9. The van der Waals surface area contributed by atoms with E-state index in [1.807, 2.05) is 78.9 Å². The molecule has 0 radical (unpaired) electrons. The molecule has 5 atom stereocenters. The summed E-state index contributed by atoms with van der Waals surface area (Å²) in [5.41, 5.74) is 7.66. The zero-order valence-corrected chi connectivity index (χ0v) is 47.1. The van der Waals surface area contributed by atoms with Gasteiger partial charge in [0, 0.05) is 61.9 Å². The molecule has 23 nitrogen and oxygen atoms in total. The molecule has 1 saturated carbocycles. The van der Waals surface area contributed by atoms with Crippen molar-refractivity contribution in [1.82, 2.24) is 45.2 Å². The van der Waals surface area contributed by atoms with Crippen molar-refractivity contribution in [2.24, 2.45) is 24.6 Å². The number of imidazole rings is 1. The van der Waals surface area contributed by atoms with Crippen LogP contribution in [0.3, 0.4) is 0 Å². The Morgan fingerprint density at radius 2 is 1.46 bits per heavy atom. The van der Waals surface area contributed by atoms with Gasteiger partial charge in [-0.05, 0) is 129 Å². The van der Waals surface area contributed by atoms with E-state index in [1.165, 1.54) is 38.3 Å². The van der Waals surface area contributed by atoms with Crippen molar-refractivity contribution in [2.45, 2.75) is 120 Å². The van der Waals surface area contributed by atoms with E-state index in [-0.39, 0.29) is 97.6 Å². The SMILES string of the molecule is Cn1c(=O)n([C@H]2CCC(=O)NC2=O)c2ccc(C[C@H]3CC[C@@H](CC(=O)N4CC[C@H]5CC[C@@H](C(=O)N[C@@H](CCC(N)=O)C(=O)NC(c6ccccc6)c6ccccc6)N5C(=O)[C@@H](NC(=O)c5cc6cc(C(=O)P(=O)(O)O)ccc6[nH]5)C4)CC3)cc21. The number of hydrogen-bond acceptors (Lipinski definition) is 11. The number of amides is 8. The van der Waals surface area contributed by atoms with Gasteiger partial charge in [-0.2, -0.15) is 0 Å². The zero-order chi connectivity index (χ0) is 59.6. The van der Waals surface area contributed by atoms with E-state index in [2.05, 4.69) is 26.3 Å². The Morgan fingerprint density at radius 1 is 0.774 bits per heavy atom. The first-order valence-electron chi connectivity index (χ1n) is 28.4. The molecule has 440 valence electrons. The number of primary amides is 1. The molecule has 3 saturated heterocycles. The number of aromatic nitrogens is 3. The van der Waals surface area contributed by atoms with E-state index in [9.17, 15) is 57.5 Å². The summed E-state index contributed by atoms with van der Waals surface area (Å²) in [5.74, 6) is -4.13. The second kappa shape index (κ2) is 24.7.